The van der Waals surface area contributed by atoms with E-state index in [2.05, 4.69) is 10.4 Å². The van der Waals surface area contributed by atoms with Gasteiger partial charge in [0.25, 0.3) is 5.91 Å². The van der Waals surface area contributed by atoms with Gasteiger partial charge in [0, 0.05) is 18.4 Å². The van der Waals surface area contributed by atoms with Gasteiger partial charge >= 0.3 is 5.97 Å². The summed E-state index contributed by atoms with van der Waals surface area (Å²) in [6.45, 7) is 2.62. The molecule has 6 heteroatoms. The van der Waals surface area contributed by atoms with Crippen molar-refractivity contribution in [1.29, 1.82) is 0 Å². The van der Waals surface area contributed by atoms with Crippen molar-refractivity contribution in [1.82, 2.24) is 9.78 Å². The third-order valence-corrected chi connectivity index (χ3v) is 2.61. The van der Waals surface area contributed by atoms with Crippen LogP contribution in [0.15, 0.2) is 36.7 Å². The Balaban J connectivity index is 2.08. The van der Waals surface area contributed by atoms with E-state index in [0.29, 0.717) is 17.8 Å². The molecule has 2 aromatic rings. The highest BCUT2D eigenvalue weighted by Gasteiger charge is 2.09. The molecule has 1 amide bonds. The molecule has 0 spiro atoms. The summed E-state index contributed by atoms with van der Waals surface area (Å²) in [5.74, 6) is -1.27. The van der Waals surface area contributed by atoms with Crippen molar-refractivity contribution < 1.29 is 14.7 Å². The number of carboxylic acid groups (broad SMARTS) is 1. The van der Waals surface area contributed by atoms with Crippen molar-refractivity contribution in [3.05, 3.63) is 47.8 Å². The molecule has 0 unspecified atom stereocenters. The standard InChI is InChI=1S/C13H13N3O3/c1-2-16-8-10(7-14-16)12(17)15-11-5-3-9(4-6-11)13(18)19/h3-8H,2H2,1H3,(H,15,17)(H,18,19). The minimum Gasteiger partial charge on any atom is -0.478 e. The second kappa shape index (κ2) is 5.34. The summed E-state index contributed by atoms with van der Waals surface area (Å²) >= 11 is 0. The van der Waals surface area contributed by atoms with Gasteiger partial charge in [-0.1, -0.05) is 0 Å². The fourth-order valence-electron chi connectivity index (χ4n) is 1.55. The van der Waals surface area contributed by atoms with E-state index in [1.807, 2.05) is 6.92 Å². The van der Waals surface area contributed by atoms with Gasteiger partial charge < -0.3 is 10.4 Å². The van der Waals surface area contributed by atoms with E-state index in [-0.39, 0.29) is 11.5 Å². The van der Waals surface area contributed by atoms with E-state index < -0.39 is 5.97 Å². The topological polar surface area (TPSA) is 84.2 Å². The molecule has 0 atom stereocenters. The summed E-state index contributed by atoms with van der Waals surface area (Å²) < 4.78 is 1.66. The van der Waals surface area contributed by atoms with E-state index in [0.717, 1.165) is 0 Å². The van der Waals surface area contributed by atoms with Crippen LogP contribution in [0.4, 0.5) is 5.69 Å². The van der Waals surface area contributed by atoms with Crippen LogP contribution in [-0.2, 0) is 6.54 Å². The number of anilines is 1. The number of aryl methyl sites for hydroxylation is 1. The number of carboxylic acids is 1. The zero-order chi connectivity index (χ0) is 13.8. The third-order valence-electron chi connectivity index (χ3n) is 2.61. The Morgan fingerprint density at radius 2 is 1.95 bits per heavy atom. The summed E-state index contributed by atoms with van der Waals surface area (Å²) in [7, 11) is 0. The molecule has 19 heavy (non-hydrogen) atoms. The number of benzene rings is 1. The molecule has 2 rings (SSSR count). The van der Waals surface area contributed by atoms with E-state index in [1.165, 1.54) is 18.3 Å². The second-order valence-electron chi connectivity index (χ2n) is 3.92. The number of aromatic carboxylic acids is 1. The average molecular weight is 259 g/mol. The van der Waals surface area contributed by atoms with Crippen molar-refractivity contribution in [3.8, 4) is 0 Å². The lowest BCUT2D eigenvalue weighted by molar-refractivity contribution is 0.0696. The van der Waals surface area contributed by atoms with Crippen LogP contribution in [0.25, 0.3) is 0 Å². The third kappa shape index (κ3) is 2.98. The SMILES string of the molecule is CCn1cc(C(=O)Nc2ccc(C(=O)O)cc2)cn1. The van der Waals surface area contributed by atoms with E-state index in [1.54, 1.807) is 23.0 Å². The lowest BCUT2D eigenvalue weighted by Gasteiger charge is -2.03. The summed E-state index contributed by atoms with van der Waals surface area (Å²) in [5, 5.41) is 15.5. The molecule has 0 fully saturated rings. The molecule has 0 saturated heterocycles. The van der Waals surface area contributed by atoms with Crippen molar-refractivity contribution in [2.45, 2.75) is 13.5 Å². The fraction of sp³-hybridized carbons (Fsp3) is 0.154. The maximum atomic E-state index is 11.9. The summed E-state index contributed by atoms with van der Waals surface area (Å²) in [6.07, 6.45) is 3.14. The van der Waals surface area contributed by atoms with E-state index >= 15 is 0 Å². The van der Waals surface area contributed by atoms with E-state index in [9.17, 15) is 9.59 Å². The van der Waals surface area contributed by atoms with Crippen LogP contribution in [0.1, 0.15) is 27.6 Å². The molecule has 0 saturated carbocycles. The highest BCUT2D eigenvalue weighted by Crippen LogP contribution is 2.11. The van der Waals surface area contributed by atoms with Gasteiger partial charge in [-0.25, -0.2) is 4.79 Å². The minimum atomic E-state index is -0.998. The lowest BCUT2D eigenvalue weighted by Crippen LogP contribution is -2.11. The molecule has 98 valence electrons. The quantitative estimate of drug-likeness (QED) is 0.877. The zero-order valence-corrected chi connectivity index (χ0v) is 10.3. The van der Waals surface area contributed by atoms with Crippen LogP contribution in [0.3, 0.4) is 0 Å². The number of carbonyl (C=O) groups excluding carboxylic acids is 1. The van der Waals surface area contributed by atoms with Gasteiger partial charge in [0.2, 0.25) is 0 Å². The Labute approximate surface area is 109 Å². The molecule has 0 bridgehead atoms. The molecular weight excluding hydrogens is 246 g/mol. The summed E-state index contributed by atoms with van der Waals surface area (Å²) in [4.78, 5) is 22.6. The first kappa shape index (κ1) is 12.8. The molecule has 0 aliphatic heterocycles. The van der Waals surface area contributed by atoms with Crippen LogP contribution in [0, 0.1) is 0 Å². The van der Waals surface area contributed by atoms with Gasteiger partial charge in [0.05, 0.1) is 17.3 Å². The van der Waals surface area contributed by atoms with Gasteiger partial charge in [-0.2, -0.15) is 5.10 Å². The van der Waals surface area contributed by atoms with Gasteiger partial charge in [-0.3, -0.25) is 9.48 Å². The number of rotatable bonds is 4. The maximum absolute atomic E-state index is 11.9. The Kier molecular flexibility index (Phi) is 3.61. The van der Waals surface area contributed by atoms with Crippen molar-refractivity contribution in [2.24, 2.45) is 0 Å². The monoisotopic (exact) mass is 259 g/mol. The average Bonchev–Trinajstić information content (AvgIpc) is 2.88. The first-order valence-corrected chi connectivity index (χ1v) is 5.77. The van der Waals surface area contributed by atoms with Gasteiger partial charge in [0.15, 0.2) is 0 Å². The Morgan fingerprint density at radius 3 is 2.47 bits per heavy atom. The van der Waals surface area contributed by atoms with Gasteiger partial charge in [0.1, 0.15) is 0 Å². The number of nitrogens with one attached hydrogen (secondary N) is 1. The predicted octanol–water partition coefficient (Wildman–Crippen LogP) is 1.85. The smallest absolute Gasteiger partial charge is 0.335 e. The summed E-state index contributed by atoms with van der Waals surface area (Å²) in [5.41, 5.74) is 1.18. The molecule has 2 N–H and O–H groups in total. The Morgan fingerprint density at radius 1 is 1.26 bits per heavy atom. The fourth-order valence-corrected chi connectivity index (χ4v) is 1.55. The predicted molar refractivity (Wildman–Crippen MR) is 69.3 cm³/mol. The number of hydrogen-bond donors (Lipinski definition) is 2. The largest absolute Gasteiger partial charge is 0.478 e. The molecule has 1 aromatic heterocycles. The summed E-state index contributed by atoms with van der Waals surface area (Å²) in [6, 6.07) is 5.97. The number of carbonyl (C=O) groups is 2. The second-order valence-corrected chi connectivity index (χ2v) is 3.92. The van der Waals surface area contributed by atoms with Crippen LogP contribution in [0.2, 0.25) is 0 Å². The molecule has 6 nitrogen and oxygen atoms in total. The molecule has 1 heterocycles. The first-order chi connectivity index (χ1) is 9.10. The highest BCUT2D eigenvalue weighted by atomic mass is 16.4. The molecular formula is C13H13N3O3. The zero-order valence-electron chi connectivity index (χ0n) is 10.3. The lowest BCUT2D eigenvalue weighted by atomic mass is 10.2. The van der Waals surface area contributed by atoms with Crippen molar-refractivity contribution >= 4 is 17.6 Å². The van der Waals surface area contributed by atoms with Crippen LogP contribution in [-0.4, -0.2) is 26.8 Å². The van der Waals surface area contributed by atoms with Crippen LogP contribution < -0.4 is 5.32 Å². The van der Waals surface area contributed by atoms with Crippen LogP contribution in [0.5, 0.6) is 0 Å². The number of hydrogen-bond acceptors (Lipinski definition) is 3. The van der Waals surface area contributed by atoms with E-state index in [4.69, 9.17) is 5.11 Å². The first-order valence-electron chi connectivity index (χ1n) is 5.77. The molecule has 1 aromatic carbocycles. The minimum absolute atomic E-state index is 0.178. The number of nitrogens with zero attached hydrogens (tertiary/aromatic N) is 2. The maximum Gasteiger partial charge on any atom is 0.335 e. The van der Waals surface area contributed by atoms with Crippen molar-refractivity contribution in [2.75, 3.05) is 5.32 Å². The normalized spacial score (nSPS) is 10.2. The van der Waals surface area contributed by atoms with Gasteiger partial charge in [-0.15, -0.1) is 0 Å². The number of amides is 1. The molecule has 0 aliphatic carbocycles. The number of aromatic nitrogens is 2. The van der Waals surface area contributed by atoms with Crippen LogP contribution >= 0.6 is 0 Å². The van der Waals surface area contributed by atoms with Crippen molar-refractivity contribution in [3.63, 3.8) is 0 Å². The molecule has 0 radical (unpaired) electrons. The Bertz CT molecular complexity index is 602. The highest BCUT2D eigenvalue weighted by molar-refractivity contribution is 6.04. The van der Waals surface area contributed by atoms with Gasteiger partial charge in [-0.05, 0) is 31.2 Å². The molecule has 0 aliphatic rings. The Hall–Kier alpha value is -2.63.